The summed E-state index contributed by atoms with van der Waals surface area (Å²) in [6.07, 6.45) is 0.275. The first kappa shape index (κ1) is 24.6. The largest absolute Gasteiger partial charge is 0.434 e. The smallest absolute Gasteiger partial charge is 0.357 e. The van der Waals surface area contributed by atoms with E-state index in [1.165, 1.54) is 12.8 Å². The Hall–Kier alpha value is -1.63. The molecule has 0 aromatic carbocycles. The number of nitrogens with zero attached hydrogens (tertiary/aromatic N) is 4. The zero-order chi connectivity index (χ0) is 20.7. The molecular weight excluding hydrogens is 528 g/mol. The van der Waals surface area contributed by atoms with Crippen LogP contribution in [0.15, 0.2) is 28.7 Å². The molecule has 1 saturated heterocycles. The first-order chi connectivity index (χ1) is 14.0. The fourth-order valence-corrected chi connectivity index (χ4v) is 3.80. The van der Waals surface area contributed by atoms with Crippen molar-refractivity contribution in [3.63, 3.8) is 0 Å². The molecule has 0 amide bonds. The summed E-state index contributed by atoms with van der Waals surface area (Å²) in [5, 5.41) is 7.77. The van der Waals surface area contributed by atoms with Crippen LogP contribution < -0.4 is 15.5 Å². The Morgan fingerprint density at radius 3 is 2.60 bits per heavy atom. The molecule has 2 N–H and O–H groups in total. The van der Waals surface area contributed by atoms with Gasteiger partial charge < -0.3 is 15.5 Å². The van der Waals surface area contributed by atoms with Gasteiger partial charge in [-0.05, 0) is 31.4 Å². The standard InChI is InChI=1S/C19H25F3N6S.HI/c1-2-23-18(24-8-7-17-27-15(13-29-17)19(20,21)22)26-12-14-5-6-16(25-11-14)28-9-3-4-10-28;/h5-6,11,13H,2-4,7-10,12H2,1H3,(H2,23,24,26);1H. The fraction of sp³-hybridized carbons (Fsp3) is 0.526. The van der Waals surface area contributed by atoms with Crippen LogP contribution in [0.4, 0.5) is 19.0 Å². The van der Waals surface area contributed by atoms with Gasteiger partial charge in [0, 0.05) is 44.2 Å². The van der Waals surface area contributed by atoms with Crippen molar-refractivity contribution in [1.82, 2.24) is 20.6 Å². The van der Waals surface area contributed by atoms with Crippen LogP contribution in [0.3, 0.4) is 0 Å². The van der Waals surface area contributed by atoms with Crippen LogP contribution in [0, 0.1) is 0 Å². The highest BCUT2D eigenvalue weighted by molar-refractivity contribution is 14.0. The van der Waals surface area contributed by atoms with Crippen molar-refractivity contribution in [3.05, 3.63) is 40.0 Å². The summed E-state index contributed by atoms with van der Waals surface area (Å²) < 4.78 is 37.9. The van der Waals surface area contributed by atoms with Crippen LogP contribution in [0.2, 0.25) is 0 Å². The number of rotatable bonds is 7. The van der Waals surface area contributed by atoms with Gasteiger partial charge in [-0.3, -0.25) is 0 Å². The topological polar surface area (TPSA) is 65.4 Å². The van der Waals surface area contributed by atoms with E-state index in [1.54, 1.807) is 0 Å². The molecule has 2 aromatic rings. The van der Waals surface area contributed by atoms with E-state index in [1.807, 2.05) is 25.3 Å². The highest BCUT2D eigenvalue weighted by Crippen LogP contribution is 2.30. The summed E-state index contributed by atoms with van der Waals surface area (Å²) in [5.41, 5.74) is 0.169. The van der Waals surface area contributed by atoms with Crippen molar-refractivity contribution in [1.29, 1.82) is 0 Å². The molecule has 1 fully saturated rings. The number of hydrogen-bond donors (Lipinski definition) is 2. The predicted molar refractivity (Wildman–Crippen MR) is 125 cm³/mol. The van der Waals surface area contributed by atoms with E-state index in [0.29, 0.717) is 37.0 Å². The quantitative estimate of drug-likeness (QED) is 0.307. The molecular formula is C19H26F3IN6S. The number of nitrogens with one attached hydrogen (secondary N) is 2. The van der Waals surface area contributed by atoms with Gasteiger partial charge in [-0.1, -0.05) is 6.07 Å². The lowest BCUT2D eigenvalue weighted by Crippen LogP contribution is -2.38. The first-order valence-corrected chi connectivity index (χ1v) is 10.6. The van der Waals surface area contributed by atoms with E-state index in [0.717, 1.165) is 41.2 Å². The Morgan fingerprint density at radius 1 is 1.23 bits per heavy atom. The number of aromatic nitrogens is 2. The number of alkyl halides is 3. The average molecular weight is 554 g/mol. The molecule has 0 bridgehead atoms. The van der Waals surface area contributed by atoms with Crippen LogP contribution in [-0.2, 0) is 19.1 Å². The van der Waals surface area contributed by atoms with E-state index in [9.17, 15) is 13.2 Å². The number of thiazole rings is 1. The van der Waals surface area contributed by atoms with Gasteiger partial charge in [0.05, 0.1) is 11.6 Å². The van der Waals surface area contributed by atoms with Gasteiger partial charge in [-0.25, -0.2) is 15.0 Å². The molecule has 166 valence electrons. The second-order valence-corrected chi connectivity index (χ2v) is 7.66. The van der Waals surface area contributed by atoms with Crippen LogP contribution in [0.5, 0.6) is 0 Å². The Balaban J connectivity index is 0.00000320. The zero-order valence-corrected chi connectivity index (χ0v) is 19.9. The molecule has 3 heterocycles. The number of anilines is 1. The first-order valence-electron chi connectivity index (χ1n) is 9.69. The van der Waals surface area contributed by atoms with Crippen molar-refractivity contribution in [2.24, 2.45) is 4.99 Å². The molecule has 6 nitrogen and oxygen atoms in total. The molecule has 0 atom stereocenters. The van der Waals surface area contributed by atoms with E-state index in [4.69, 9.17) is 0 Å². The summed E-state index contributed by atoms with van der Waals surface area (Å²) in [6, 6.07) is 4.05. The minimum atomic E-state index is -4.39. The molecule has 2 aromatic heterocycles. The second-order valence-electron chi connectivity index (χ2n) is 6.71. The van der Waals surface area contributed by atoms with Crippen molar-refractivity contribution < 1.29 is 13.2 Å². The molecule has 0 saturated carbocycles. The van der Waals surface area contributed by atoms with Crippen LogP contribution in [-0.4, -0.2) is 42.1 Å². The fourth-order valence-electron chi connectivity index (χ4n) is 3.00. The third-order valence-corrected chi connectivity index (χ3v) is 5.39. The van der Waals surface area contributed by atoms with Crippen LogP contribution in [0.25, 0.3) is 0 Å². The lowest BCUT2D eigenvalue weighted by Gasteiger charge is -2.16. The van der Waals surface area contributed by atoms with Gasteiger partial charge in [0.1, 0.15) is 5.82 Å². The van der Waals surface area contributed by atoms with Gasteiger partial charge in [0.15, 0.2) is 11.7 Å². The summed E-state index contributed by atoms with van der Waals surface area (Å²) in [7, 11) is 0. The molecule has 0 unspecified atom stereocenters. The Labute approximate surface area is 195 Å². The molecule has 1 aliphatic rings. The van der Waals surface area contributed by atoms with Gasteiger partial charge >= 0.3 is 6.18 Å². The highest BCUT2D eigenvalue weighted by Gasteiger charge is 2.33. The number of guanidine groups is 1. The molecule has 0 aliphatic carbocycles. The maximum atomic E-state index is 12.6. The predicted octanol–water partition coefficient (Wildman–Crippen LogP) is 4.07. The maximum Gasteiger partial charge on any atom is 0.434 e. The summed E-state index contributed by atoms with van der Waals surface area (Å²) >= 11 is 1.02. The monoisotopic (exact) mass is 554 g/mol. The molecule has 1 aliphatic heterocycles. The lowest BCUT2D eigenvalue weighted by atomic mass is 10.3. The highest BCUT2D eigenvalue weighted by atomic mass is 127. The third-order valence-electron chi connectivity index (χ3n) is 4.48. The average Bonchev–Trinajstić information content (AvgIpc) is 3.38. The van der Waals surface area contributed by atoms with Crippen molar-refractivity contribution >= 4 is 47.1 Å². The van der Waals surface area contributed by atoms with Crippen molar-refractivity contribution in [2.75, 3.05) is 31.1 Å². The van der Waals surface area contributed by atoms with E-state index in [-0.39, 0.29) is 24.0 Å². The van der Waals surface area contributed by atoms with Gasteiger partial charge in [0.2, 0.25) is 0 Å². The van der Waals surface area contributed by atoms with Gasteiger partial charge in [-0.15, -0.1) is 35.3 Å². The normalized spacial score (nSPS) is 14.5. The van der Waals surface area contributed by atoms with E-state index >= 15 is 0 Å². The van der Waals surface area contributed by atoms with Gasteiger partial charge in [-0.2, -0.15) is 13.2 Å². The molecule has 11 heteroatoms. The summed E-state index contributed by atoms with van der Waals surface area (Å²) in [6.45, 7) is 5.68. The Kier molecular flexibility index (Phi) is 9.59. The van der Waals surface area contributed by atoms with E-state index < -0.39 is 11.9 Å². The minimum absolute atomic E-state index is 0. The lowest BCUT2D eigenvalue weighted by molar-refractivity contribution is -0.140. The number of aliphatic imine (C=N–C) groups is 1. The second kappa shape index (κ2) is 11.7. The third kappa shape index (κ3) is 7.25. The Bertz CT molecular complexity index is 803. The number of hydrogen-bond acceptors (Lipinski definition) is 5. The van der Waals surface area contributed by atoms with Gasteiger partial charge in [0.25, 0.3) is 0 Å². The van der Waals surface area contributed by atoms with Crippen molar-refractivity contribution in [3.8, 4) is 0 Å². The molecule has 30 heavy (non-hydrogen) atoms. The minimum Gasteiger partial charge on any atom is -0.357 e. The van der Waals surface area contributed by atoms with Crippen LogP contribution >= 0.6 is 35.3 Å². The maximum absolute atomic E-state index is 12.6. The van der Waals surface area contributed by atoms with Crippen molar-refractivity contribution in [2.45, 2.75) is 38.9 Å². The summed E-state index contributed by atoms with van der Waals surface area (Å²) in [5.74, 6) is 1.62. The van der Waals surface area contributed by atoms with E-state index in [2.05, 4.69) is 30.5 Å². The number of halogens is 4. The SMILES string of the molecule is CCNC(=NCc1ccc(N2CCCC2)nc1)NCCc1nc(C(F)(F)F)cs1.I. The zero-order valence-electron chi connectivity index (χ0n) is 16.7. The molecule has 3 rings (SSSR count). The molecule has 0 radical (unpaired) electrons. The van der Waals surface area contributed by atoms with Crippen LogP contribution in [0.1, 0.15) is 36.0 Å². The summed E-state index contributed by atoms with van der Waals surface area (Å²) in [4.78, 5) is 15.0. The number of pyridine rings is 1. The Morgan fingerprint density at radius 2 is 2.00 bits per heavy atom. The molecule has 0 spiro atoms.